The van der Waals surface area contributed by atoms with E-state index in [9.17, 15) is 4.79 Å². The standard InChI is InChI=1S/C17H20N6OS/c1-25-17-20-8-11-2-3-12-14(13(11)21-17)22-23(15(12)16(18)24)9-10-4-6-19-7-5-10/h2-3,8,10,19H,4-7,9H2,1H3,(H2,18,24). The van der Waals surface area contributed by atoms with Gasteiger partial charge in [-0.05, 0) is 44.2 Å². The second kappa shape index (κ2) is 6.61. The van der Waals surface area contributed by atoms with Crippen molar-refractivity contribution in [3.05, 3.63) is 24.0 Å². The van der Waals surface area contributed by atoms with E-state index in [4.69, 9.17) is 10.8 Å². The van der Waals surface area contributed by atoms with Crippen LogP contribution in [0.2, 0.25) is 0 Å². The second-order valence-corrected chi connectivity index (χ2v) is 7.12. The number of nitrogens with one attached hydrogen (secondary N) is 1. The van der Waals surface area contributed by atoms with Crippen LogP contribution in [0.25, 0.3) is 21.8 Å². The Morgan fingerprint density at radius 2 is 2.16 bits per heavy atom. The summed E-state index contributed by atoms with van der Waals surface area (Å²) in [4.78, 5) is 21.0. The predicted molar refractivity (Wildman–Crippen MR) is 98.7 cm³/mol. The van der Waals surface area contributed by atoms with Crippen molar-refractivity contribution in [2.75, 3.05) is 19.3 Å². The zero-order valence-electron chi connectivity index (χ0n) is 14.0. The molecule has 3 heterocycles. The first kappa shape index (κ1) is 16.3. The smallest absolute Gasteiger partial charge is 0.267 e. The Kier molecular flexibility index (Phi) is 4.30. The largest absolute Gasteiger partial charge is 0.364 e. The molecule has 1 saturated heterocycles. The van der Waals surface area contributed by atoms with Gasteiger partial charge in [0.2, 0.25) is 0 Å². The Balaban J connectivity index is 1.88. The van der Waals surface area contributed by atoms with Crippen molar-refractivity contribution in [2.45, 2.75) is 24.5 Å². The van der Waals surface area contributed by atoms with Crippen LogP contribution in [0.3, 0.4) is 0 Å². The molecule has 25 heavy (non-hydrogen) atoms. The Hall–Kier alpha value is -2.19. The molecule has 0 saturated carbocycles. The van der Waals surface area contributed by atoms with Crippen LogP contribution in [0.5, 0.6) is 0 Å². The van der Waals surface area contributed by atoms with Crippen LogP contribution < -0.4 is 11.1 Å². The molecule has 0 atom stereocenters. The molecule has 1 aliphatic heterocycles. The number of thioether (sulfide) groups is 1. The third kappa shape index (κ3) is 2.96. The normalized spacial score (nSPS) is 15.9. The van der Waals surface area contributed by atoms with Crippen molar-refractivity contribution in [3.63, 3.8) is 0 Å². The minimum absolute atomic E-state index is 0.449. The fourth-order valence-corrected chi connectivity index (χ4v) is 3.81. The van der Waals surface area contributed by atoms with Gasteiger partial charge in [0.05, 0.1) is 0 Å². The van der Waals surface area contributed by atoms with E-state index in [1.807, 2.05) is 18.4 Å². The fraction of sp³-hybridized carbons (Fsp3) is 0.412. The van der Waals surface area contributed by atoms with Gasteiger partial charge in [-0.3, -0.25) is 9.48 Å². The summed E-state index contributed by atoms with van der Waals surface area (Å²) < 4.78 is 1.78. The molecule has 3 N–H and O–H groups in total. The van der Waals surface area contributed by atoms with Crippen molar-refractivity contribution < 1.29 is 4.79 Å². The van der Waals surface area contributed by atoms with Gasteiger partial charge in [-0.1, -0.05) is 17.8 Å². The summed E-state index contributed by atoms with van der Waals surface area (Å²) in [5, 5.41) is 10.5. The zero-order chi connectivity index (χ0) is 17.4. The van der Waals surface area contributed by atoms with Gasteiger partial charge in [0.25, 0.3) is 5.91 Å². The number of fused-ring (bicyclic) bond motifs is 3. The number of hydrogen-bond donors (Lipinski definition) is 2. The molecule has 7 nitrogen and oxygen atoms in total. The number of benzene rings is 1. The Morgan fingerprint density at radius 3 is 2.88 bits per heavy atom. The van der Waals surface area contributed by atoms with E-state index in [-0.39, 0.29) is 0 Å². The average molecular weight is 356 g/mol. The molecule has 130 valence electrons. The van der Waals surface area contributed by atoms with E-state index < -0.39 is 5.91 Å². The lowest BCUT2D eigenvalue weighted by Gasteiger charge is -2.22. The number of nitrogens with zero attached hydrogens (tertiary/aromatic N) is 4. The molecule has 1 aliphatic rings. The van der Waals surface area contributed by atoms with E-state index in [0.717, 1.165) is 47.7 Å². The van der Waals surface area contributed by atoms with Gasteiger partial charge in [0.1, 0.15) is 16.7 Å². The number of rotatable bonds is 4. The monoisotopic (exact) mass is 356 g/mol. The molecular weight excluding hydrogens is 336 g/mol. The third-order valence-electron chi connectivity index (χ3n) is 4.74. The van der Waals surface area contributed by atoms with Gasteiger partial charge in [0, 0.05) is 23.5 Å². The van der Waals surface area contributed by atoms with Gasteiger partial charge >= 0.3 is 0 Å². The van der Waals surface area contributed by atoms with Crippen LogP contribution in [0.1, 0.15) is 23.3 Å². The third-order valence-corrected chi connectivity index (χ3v) is 5.31. The van der Waals surface area contributed by atoms with E-state index in [1.165, 1.54) is 11.8 Å². The lowest BCUT2D eigenvalue weighted by atomic mass is 9.98. The first-order valence-electron chi connectivity index (χ1n) is 8.38. The summed E-state index contributed by atoms with van der Waals surface area (Å²) in [5.41, 5.74) is 7.64. The highest BCUT2D eigenvalue weighted by Gasteiger charge is 2.22. The summed E-state index contributed by atoms with van der Waals surface area (Å²) in [6, 6.07) is 3.82. The van der Waals surface area contributed by atoms with Crippen molar-refractivity contribution in [1.82, 2.24) is 25.1 Å². The van der Waals surface area contributed by atoms with Crippen LogP contribution in [-0.4, -0.2) is 45.0 Å². The van der Waals surface area contributed by atoms with Crippen LogP contribution >= 0.6 is 11.8 Å². The first-order valence-corrected chi connectivity index (χ1v) is 9.60. The maximum atomic E-state index is 12.1. The van der Waals surface area contributed by atoms with E-state index in [0.29, 0.717) is 23.3 Å². The highest BCUT2D eigenvalue weighted by atomic mass is 32.2. The van der Waals surface area contributed by atoms with Crippen molar-refractivity contribution in [3.8, 4) is 0 Å². The number of carbonyl (C=O) groups is 1. The van der Waals surface area contributed by atoms with Crippen LogP contribution in [0.4, 0.5) is 0 Å². The number of piperidine rings is 1. The molecule has 0 bridgehead atoms. The molecule has 2 aromatic heterocycles. The van der Waals surface area contributed by atoms with Crippen LogP contribution in [0, 0.1) is 5.92 Å². The summed E-state index contributed by atoms with van der Waals surface area (Å²) in [6.07, 6.45) is 5.89. The minimum Gasteiger partial charge on any atom is -0.364 e. The van der Waals surface area contributed by atoms with E-state index in [1.54, 1.807) is 10.9 Å². The molecule has 4 rings (SSSR count). The topological polar surface area (TPSA) is 98.7 Å². The lowest BCUT2D eigenvalue weighted by Crippen LogP contribution is -2.31. The van der Waals surface area contributed by atoms with Gasteiger partial charge in [-0.2, -0.15) is 5.10 Å². The van der Waals surface area contributed by atoms with Gasteiger partial charge in [-0.15, -0.1) is 0 Å². The summed E-state index contributed by atoms with van der Waals surface area (Å²) in [5.74, 6) is 0.0474. The molecule has 0 aliphatic carbocycles. The Labute approximate surface area is 149 Å². The summed E-state index contributed by atoms with van der Waals surface area (Å²) in [7, 11) is 0. The summed E-state index contributed by atoms with van der Waals surface area (Å²) in [6.45, 7) is 2.71. The number of carbonyl (C=O) groups excluding carboxylic acids is 1. The molecule has 0 spiro atoms. The fourth-order valence-electron chi connectivity index (χ4n) is 3.47. The predicted octanol–water partition coefficient (Wildman–Crippen LogP) is 1.80. The number of hydrogen-bond acceptors (Lipinski definition) is 6. The number of primary amides is 1. The molecular formula is C17H20N6OS. The van der Waals surface area contributed by atoms with Gasteiger partial charge in [-0.25, -0.2) is 9.97 Å². The lowest BCUT2D eigenvalue weighted by molar-refractivity contribution is 0.0989. The van der Waals surface area contributed by atoms with Crippen molar-refractivity contribution >= 4 is 39.5 Å². The molecule has 1 aromatic carbocycles. The molecule has 1 amide bonds. The van der Waals surface area contributed by atoms with Crippen LogP contribution in [-0.2, 0) is 6.54 Å². The molecule has 0 radical (unpaired) electrons. The number of nitrogens with two attached hydrogens (primary N) is 1. The van der Waals surface area contributed by atoms with E-state index >= 15 is 0 Å². The Bertz CT molecular complexity index is 947. The Morgan fingerprint density at radius 1 is 1.36 bits per heavy atom. The molecule has 8 heteroatoms. The summed E-state index contributed by atoms with van der Waals surface area (Å²) >= 11 is 1.48. The maximum Gasteiger partial charge on any atom is 0.267 e. The van der Waals surface area contributed by atoms with E-state index in [2.05, 4.69) is 15.3 Å². The quantitative estimate of drug-likeness (QED) is 0.546. The SMILES string of the molecule is CSc1ncc2ccc3c(C(N)=O)n(CC4CCNCC4)nc3c2n1. The van der Waals surface area contributed by atoms with Crippen molar-refractivity contribution in [2.24, 2.45) is 11.7 Å². The maximum absolute atomic E-state index is 12.1. The van der Waals surface area contributed by atoms with Crippen molar-refractivity contribution in [1.29, 1.82) is 0 Å². The number of aromatic nitrogens is 4. The highest BCUT2D eigenvalue weighted by molar-refractivity contribution is 7.98. The van der Waals surface area contributed by atoms with Crippen LogP contribution in [0.15, 0.2) is 23.5 Å². The molecule has 3 aromatic rings. The highest BCUT2D eigenvalue weighted by Crippen LogP contribution is 2.28. The average Bonchev–Trinajstić information content (AvgIpc) is 3.00. The molecule has 0 unspecified atom stereocenters. The van der Waals surface area contributed by atoms with Gasteiger partial charge in [0.15, 0.2) is 5.16 Å². The molecule has 1 fully saturated rings. The number of amides is 1. The van der Waals surface area contributed by atoms with Gasteiger partial charge < -0.3 is 11.1 Å². The second-order valence-electron chi connectivity index (χ2n) is 6.34. The zero-order valence-corrected chi connectivity index (χ0v) is 14.8. The first-order chi connectivity index (χ1) is 12.2. The minimum atomic E-state index is -0.449.